The lowest BCUT2D eigenvalue weighted by molar-refractivity contribution is 0.100. The van der Waals surface area contributed by atoms with E-state index in [4.69, 9.17) is 10.5 Å². The number of methoxy groups -OCH3 is 1. The Kier molecular flexibility index (Phi) is 4.86. The molecule has 0 bridgehead atoms. The Morgan fingerprint density at radius 1 is 1.19 bits per heavy atom. The first-order chi connectivity index (χ1) is 12.4. The van der Waals surface area contributed by atoms with Crippen molar-refractivity contribution in [2.24, 2.45) is 5.73 Å². The maximum atomic E-state index is 11.6. The molecule has 0 saturated heterocycles. The highest BCUT2D eigenvalue weighted by Gasteiger charge is 2.18. The summed E-state index contributed by atoms with van der Waals surface area (Å²) in [5.41, 5.74) is 8.48. The third-order valence-corrected chi connectivity index (χ3v) is 4.40. The van der Waals surface area contributed by atoms with E-state index in [0.29, 0.717) is 18.7 Å². The Hall–Kier alpha value is -2.99. The lowest BCUT2D eigenvalue weighted by Gasteiger charge is -2.10. The van der Waals surface area contributed by atoms with Gasteiger partial charge in [-0.3, -0.25) is 4.79 Å². The van der Waals surface area contributed by atoms with Crippen LogP contribution in [0, 0.1) is 0 Å². The molecular weight excluding hydrogens is 330 g/mol. The van der Waals surface area contributed by atoms with Crippen molar-refractivity contribution in [1.29, 1.82) is 0 Å². The molecule has 1 aromatic heterocycles. The number of aromatic nitrogens is 1. The Balaban J connectivity index is 2.12. The summed E-state index contributed by atoms with van der Waals surface area (Å²) >= 11 is 0. The standard InChI is InChI=1S/C20H23N3O3/c1-22(2)12-17-16-9-6-14(19(21)24)10-18(16)23(20(17)25)11-13-4-7-15(26-3)8-5-13/h4-10,25H,11-12H2,1-3H3,(H2,21,24). The second-order valence-electron chi connectivity index (χ2n) is 6.57. The highest BCUT2D eigenvalue weighted by molar-refractivity contribution is 5.98. The number of primary amides is 1. The van der Waals surface area contributed by atoms with Crippen molar-refractivity contribution >= 4 is 16.8 Å². The maximum Gasteiger partial charge on any atom is 0.248 e. The summed E-state index contributed by atoms with van der Waals surface area (Å²) in [4.78, 5) is 13.6. The van der Waals surface area contributed by atoms with Gasteiger partial charge in [-0.25, -0.2) is 0 Å². The minimum Gasteiger partial charge on any atom is -0.497 e. The number of amides is 1. The average Bonchev–Trinajstić information content (AvgIpc) is 2.87. The molecule has 2 aromatic carbocycles. The molecule has 0 spiro atoms. The van der Waals surface area contributed by atoms with Crippen molar-refractivity contribution < 1.29 is 14.6 Å². The van der Waals surface area contributed by atoms with Gasteiger partial charge >= 0.3 is 0 Å². The zero-order chi connectivity index (χ0) is 18.8. The van der Waals surface area contributed by atoms with Crippen LogP contribution in [0.5, 0.6) is 11.6 Å². The van der Waals surface area contributed by atoms with E-state index < -0.39 is 5.91 Å². The van der Waals surface area contributed by atoms with Crippen LogP contribution in [0.1, 0.15) is 21.5 Å². The van der Waals surface area contributed by atoms with Crippen molar-refractivity contribution in [3.63, 3.8) is 0 Å². The fourth-order valence-corrected chi connectivity index (χ4v) is 3.11. The lowest BCUT2D eigenvalue weighted by Crippen LogP contribution is -2.11. The highest BCUT2D eigenvalue weighted by atomic mass is 16.5. The summed E-state index contributed by atoms with van der Waals surface area (Å²) in [6.45, 7) is 1.07. The maximum absolute atomic E-state index is 11.6. The van der Waals surface area contributed by atoms with Gasteiger partial charge in [-0.05, 0) is 43.9 Å². The molecule has 0 radical (unpaired) electrons. The summed E-state index contributed by atoms with van der Waals surface area (Å²) in [7, 11) is 5.52. The number of aromatic hydroxyl groups is 1. The summed E-state index contributed by atoms with van der Waals surface area (Å²) < 4.78 is 7.00. The third-order valence-electron chi connectivity index (χ3n) is 4.40. The summed E-state index contributed by atoms with van der Waals surface area (Å²) in [5, 5.41) is 11.8. The normalized spacial score (nSPS) is 11.2. The number of ether oxygens (including phenoxy) is 1. The molecule has 0 aliphatic rings. The molecule has 0 saturated carbocycles. The fraction of sp³-hybridized carbons (Fsp3) is 0.250. The third kappa shape index (κ3) is 3.36. The number of fused-ring (bicyclic) bond motifs is 1. The molecular formula is C20H23N3O3. The molecule has 6 nitrogen and oxygen atoms in total. The average molecular weight is 353 g/mol. The molecule has 136 valence electrons. The number of hydrogen-bond acceptors (Lipinski definition) is 4. The molecule has 0 aliphatic carbocycles. The van der Waals surface area contributed by atoms with E-state index in [9.17, 15) is 9.90 Å². The van der Waals surface area contributed by atoms with Gasteiger partial charge in [-0.1, -0.05) is 18.2 Å². The molecule has 1 heterocycles. The van der Waals surface area contributed by atoms with E-state index in [-0.39, 0.29) is 5.88 Å². The zero-order valence-corrected chi connectivity index (χ0v) is 15.2. The first kappa shape index (κ1) is 17.8. The van der Waals surface area contributed by atoms with Crippen LogP contribution in [-0.2, 0) is 13.1 Å². The molecule has 0 unspecified atom stereocenters. The van der Waals surface area contributed by atoms with Gasteiger partial charge in [-0.2, -0.15) is 0 Å². The first-order valence-electron chi connectivity index (χ1n) is 8.32. The van der Waals surface area contributed by atoms with Crippen molar-refractivity contribution in [1.82, 2.24) is 9.47 Å². The molecule has 1 amide bonds. The SMILES string of the molecule is COc1ccc(Cn2c(O)c(CN(C)C)c3ccc(C(N)=O)cc32)cc1. The van der Waals surface area contributed by atoms with Crippen molar-refractivity contribution in [3.8, 4) is 11.6 Å². The molecule has 3 rings (SSSR count). The number of carbonyl (C=O) groups is 1. The van der Waals surface area contributed by atoms with Gasteiger partial charge in [0, 0.05) is 23.1 Å². The number of rotatable bonds is 6. The first-order valence-corrected chi connectivity index (χ1v) is 8.32. The van der Waals surface area contributed by atoms with Gasteiger partial charge < -0.3 is 25.0 Å². The molecule has 26 heavy (non-hydrogen) atoms. The molecule has 0 aliphatic heterocycles. The molecule has 3 N–H and O–H groups in total. The van der Waals surface area contributed by atoms with Gasteiger partial charge in [0.25, 0.3) is 0 Å². The second kappa shape index (κ2) is 7.09. The minimum absolute atomic E-state index is 0.200. The lowest BCUT2D eigenvalue weighted by atomic mass is 10.1. The van der Waals surface area contributed by atoms with Crippen molar-refractivity contribution in [3.05, 3.63) is 59.2 Å². The fourth-order valence-electron chi connectivity index (χ4n) is 3.11. The van der Waals surface area contributed by atoms with Crippen LogP contribution in [0.15, 0.2) is 42.5 Å². The predicted molar refractivity (Wildman–Crippen MR) is 102 cm³/mol. The van der Waals surface area contributed by atoms with Crippen LogP contribution in [0.3, 0.4) is 0 Å². The number of carbonyl (C=O) groups excluding carboxylic acids is 1. The van der Waals surface area contributed by atoms with E-state index >= 15 is 0 Å². The molecule has 3 aromatic rings. The summed E-state index contributed by atoms with van der Waals surface area (Å²) in [6.07, 6.45) is 0. The smallest absolute Gasteiger partial charge is 0.248 e. The van der Waals surface area contributed by atoms with Crippen molar-refractivity contribution in [2.75, 3.05) is 21.2 Å². The van der Waals surface area contributed by atoms with E-state index in [0.717, 1.165) is 27.8 Å². The Morgan fingerprint density at radius 3 is 2.46 bits per heavy atom. The van der Waals surface area contributed by atoms with E-state index in [1.807, 2.05) is 53.9 Å². The quantitative estimate of drug-likeness (QED) is 0.714. The van der Waals surface area contributed by atoms with Crippen molar-refractivity contribution in [2.45, 2.75) is 13.1 Å². The Morgan fingerprint density at radius 2 is 1.88 bits per heavy atom. The Bertz CT molecular complexity index is 943. The van der Waals surface area contributed by atoms with E-state index in [2.05, 4.69) is 0 Å². The van der Waals surface area contributed by atoms with Crippen LogP contribution in [-0.4, -0.2) is 41.7 Å². The van der Waals surface area contributed by atoms with E-state index in [1.54, 1.807) is 19.2 Å². The largest absolute Gasteiger partial charge is 0.497 e. The monoisotopic (exact) mass is 353 g/mol. The zero-order valence-electron chi connectivity index (χ0n) is 15.2. The van der Waals surface area contributed by atoms with Gasteiger partial charge in [-0.15, -0.1) is 0 Å². The minimum atomic E-state index is -0.488. The van der Waals surface area contributed by atoms with Gasteiger partial charge in [0.2, 0.25) is 5.91 Å². The van der Waals surface area contributed by atoms with Crippen LogP contribution >= 0.6 is 0 Å². The Labute approximate surface area is 152 Å². The van der Waals surface area contributed by atoms with E-state index in [1.165, 1.54) is 0 Å². The molecule has 0 fully saturated rings. The van der Waals surface area contributed by atoms with Crippen LogP contribution in [0.25, 0.3) is 10.9 Å². The van der Waals surface area contributed by atoms with Gasteiger partial charge in [0.05, 0.1) is 19.2 Å². The number of nitrogens with zero attached hydrogens (tertiary/aromatic N) is 2. The highest BCUT2D eigenvalue weighted by Crippen LogP contribution is 2.33. The van der Waals surface area contributed by atoms with Crippen LogP contribution in [0.4, 0.5) is 0 Å². The number of hydrogen-bond donors (Lipinski definition) is 2. The topological polar surface area (TPSA) is 80.7 Å². The summed E-state index contributed by atoms with van der Waals surface area (Å²) in [5.74, 6) is 0.489. The number of nitrogens with two attached hydrogens (primary N) is 1. The predicted octanol–water partition coefficient (Wildman–Crippen LogP) is 2.56. The second-order valence-corrected chi connectivity index (χ2v) is 6.57. The van der Waals surface area contributed by atoms with Crippen LogP contribution in [0.2, 0.25) is 0 Å². The van der Waals surface area contributed by atoms with Gasteiger partial charge in [0.15, 0.2) is 5.88 Å². The van der Waals surface area contributed by atoms with Crippen LogP contribution < -0.4 is 10.5 Å². The molecule has 6 heteroatoms. The van der Waals surface area contributed by atoms with Gasteiger partial charge in [0.1, 0.15) is 5.75 Å². The number of benzene rings is 2. The summed E-state index contributed by atoms with van der Waals surface area (Å²) in [6, 6.07) is 12.9. The molecule has 0 atom stereocenters.